The summed E-state index contributed by atoms with van der Waals surface area (Å²) in [6, 6.07) is 8.45. The molecule has 0 N–H and O–H groups in total. The average Bonchev–Trinajstić information content (AvgIpc) is 3.23. The van der Waals surface area contributed by atoms with Crippen LogP contribution in [0, 0.1) is 0 Å². The average molecular weight is 556 g/mol. The van der Waals surface area contributed by atoms with Crippen LogP contribution in [0.3, 0.4) is 0 Å². The van der Waals surface area contributed by atoms with Gasteiger partial charge in [-0.1, -0.05) is 0 Å². The van der Waals surface area contributed by atoms with Crippen LogP contribution in [0.15, 0.2) is 30.3 Å². The Hall–Kier alpha value is -0.181. The molecule has 0 bridgehead atoms. The van der Waals surface area contributed by atoms with Crippen LogP contribution in [0.25, 0.3) is 0 Å². The van der Waals surface area contributed by atoms with Crippen LogP contribution in [-0.2, 0) is 32.6 Å². The van der Waals surface area contributed by atoms with Gasteiger partial charge in [0.05, 0.1) is 0 Å². The zero-order valence-electron chi connectivity index (χ0n) is 20.0. The van der Waals surface area contributed by atoms with E-state index in [-0.39, 0.29) is 52.9 Å². The molecule has 1 aromatic rings. The number of ether oxygens (including phenoxy) is 4. The van der Waals surface area contributed by atoms with Gasteiger partial charge in [-0.05, 0) is 0 Å². The number of hydrogen-bond donors (Lipinski definition) is 0. The molecule has 3 rings (SSSR count). The van der Waals surface area contributed by atoms with E-state index in [2.05, 4.69) is 0 Å². The first-order valence-electron chi connectivity index (χ1n) is 11.5. The van der Waals surface area contributed by atoms with E-state index in [4.69, 9.17) is 43.7 Å². The molecule has 3 unspecified atom stereocenters. The summed E-state index contributed by atoms with van der Waals surface area (Å²) in [5.74, 6) is 0. The topological polar surface area (TPSA) is 95.5 Å². The van der Waals surface area contributed by atoms with E-state index in [1.54, 1.807) is 0 Å². The molecule has 2 aliphatic heterocycles. The van der Waals surface area contributed by atoms with E-state index >= 15 is 0 Å². The molecule has 0 aromatic heterocycles. The molecule has 12 heteroatoms. The Morgan fingerprint density at radius 3 is 2.50 bits per heavy atom. The minimum atomic E-state index is -4.74. The third-order valence-corrected chi connectivity index (χ3v) is 9.04. The van der Waals surface area contributed by atoms with Crippen LogP contribution < -0.4 is 9.36 Å². The molecule has 0 spiro atoms. The van der Waals surface area contributed by atoms with E-state index < -0.39 is 36.5 Å². The summed E-state index contributed by atoms with van der Waals surface area (Å²) < 4.78 is 47.0. The predicted octanol–water partition coefficient (Wildman–Crippen LogP) is 1.000. The summed E-state index contributed by atoms with van der Waals surface area (Å²) in [7, 11) is 7.23. The Bertz CT molecular complexity index is 819. The molecule has 2 aliphatic rings. The van der Waals surface area contributed by atoms with Gasteiger partial charge in [-0.25, -0.2) is 0 Å². The maximum atomic E-state index is 12.9. The van der Waals surface area contributed by atoms with Gasteiger partial charge in [-0.2, -0.15) is 0 Å². The van der Waals surface area contributed by atoms with E-state index in [1.165, 1.54) is 0 Å². The number of benzene rings is 1. The first-order valence-corrected chi connectivity index (χ1v) is 14.6. The van der Waals surface area contributed by atoms with E-state index in [9.17, 15) is 9.46 Å². The Labute approximate surface area is 211 Å². The normalized spacial score (nSPS) is 33.6. The number of phosphoric acid groups is 1. The van der Waals surface area contributed by atoms with Crippen molar-refractivity contribution in [2.45, 2.75) is 87.6 Å². The fourth-order valence-electron chi connectivity index (χ4n) is 3.85. The number of hydrogen-bond acceptors (Lipinski definition) is 8. The Morgan fingerprint density at radius 2 is 1.85 bits per heavy atom. The van der Waals surface area contributed by atoms with Crippen LogP contribution in [-0.4, -0.2) is 90.9 Å². The molecule has 0 saturated carbocycles. The van der Waals surface area contributed by atoms with Crippen molar-refractivity contribution in [3.63, 3.8) is 0 Å². The molecule has 7 atom stereocenters. The van der Waals surface area contributed by atoms with Crippen molar-refractivity contribution >= 4 is 42.9 Å². The van der Waals surface area contributed by atoms with Gasteiger partial charge in [0.25, 0.3) is 0 Å². The summed E-state index contributed by atoms with van der Waals surface area (Å²) in [5, 5.41) is 0. The van der Waals surface area contributed by atoms with Crippen molar-refractivity contribution in [1.29, 1.82) is 0 Å². The summed E-state index contributed by atoms with van der Waals surface area (Å²) in [6.45, 7) is 7.46. The van der Waals surface area contributed by atoms with Crippen LogP contribution in [0.5, 0.6) is 0 Å². The summed E-state index contributed by atoms with van der Waals surface area (Å²) in [5.41, 5.74) is 0. The standard InChI is InChI=1S/C22H33B2O8PSe/c1-14(2)27-13-22(34-16-8-6-5-7-9-16)19(11-21(24)31-22)32-33(25,26)28-12-18-17(29-15(3)4)10-20(23)30-18/h5-9,14-15,17-21H,10-13H2,1-4H3,(H,25,26)/p-1/t17?,18-,19?,20-,21-,22+/m1/s1. The molecule has 0 aliphatic carbocycles. The third-order valence-electron chi connectivity index (χ3n) is 5.27. The molecule has 4 radical (unpaired) electrons. The number of phosphoric ester groups is 1. The third kappa shape index (κ3) is 8.17. The monoisotopic (exact) mass is 557 g/mol. The summed E-state index contributed by atoms with van der Waals surface area (Å²) in [6.07, 6.45) is -1.34. The second-order valence-electron chi connectivity index (χ2n) is 8.99. The van der Waals surface area contributed by atoms with Crippen LogP contribution in [0.2, 0.25) is 0 Å². The van der Waals surface area contributed by atoms with E-state index in [0.29, 0.717) is 6.42 Å². The molecule has 8 nitrogen and oxygen atoms in total. The van der Waals surface area contributed by atoms with Gasteiger partial charge in [0.1, 0.15) is 0 Å². The van der Waals surface area contributed by atoms with Crippen molar-refractivity contribution < 1.29 is 37.5 Å². The van der Waals surface area contributed by atoms with Gasteiger partial charge in [0.2, 0.25) is 0 Å². The molecule has 2 fully saturated rings. The van der Waals surface area contributed by atoms with Crippen molar-refractivity contribution in [2.75, 3.05) is 13.2 Å². The molecule has 2 saturated heterocycles. The van der Waals surface area contributed by atoms with Crippen LogP contribution in [0.1, 0.15) is 40.5 Å². The SMILES string of the molecule is [B][C@H]1CC(OC(C)C)[C@@H](COP(=O)([O-])OC2C[C@H]([B])O[C@@]2(COC(C)C)[Se]c2ccccc2)O1. The van der Waals surface area contributed by atoms with E-state index in [1.807, 2.05) is 58.0 Å². The van der Waals surface area contributed by atoms with Gasteiger partial charge in [0.15, 0.2) is 0 Å². The quantitative estimate of drug-likeness (QED) is 0.278. The van der Waals surface area contributed by atoms with Crippen molar-refractivity contribution in [1.82, 2.24) is 0 Å². The van der Waals surface area contributed by atoms with Crippen molar-refractivity contribution in [3.05, 3.63) is 30.3 Å². The zero-order valence-corrected chi connectivity index (χ0v) is 22.6. The second kappa shape index (κ2) is 12.4. The second-order valence-corrected chi connectivity index (χ2v) is 13.2. The van der Waals surface area contributed by atoms with Crippen molar-refractivity contribution in [2.24, 2.45) is 0 Å². The first-order chi connectivity index (χ1) is 16.0. The molecule has 1 aromatic carbocycles. The molecular weight excluding hydrogens is 524 g/mol. The molecule has 186 valence electrons. The first kappa shape index (κ1) is 28.4. The molecule has 0 amide bonds. The maximum absolute atomic E-state index is 12.9. The van der Waals surface area contributed by atoms with Gasteiger partial charge < -0.3 is 0 Å². The summed E-state index contributed by atoms with van der Waals surface area (Å²) in [4.78, 5) is 12.9. The Balaban J connectivity index is 1.71. The summed E-state index contributed by atoms with van der Waals surface area (Å²) >= 11 is -0.348. The molecule has 34 heavy (non-hydrogen) atoms. The Morgan fingerprint density at radius 1 is 1.15 bits per heavy atom. The predicted molar refractivity (Wildman–Crippen MR) is 128 cm³/mol. The van der Waals surface area contributed by atoms with Crippen LogP contribution >= 0.6 is 7.82 Å². The molecular formula is C22H32B2O8PSe-. The van der Waals surface area contributed by atoms with Gasteiger partial charge in [-0.15, -0.1) is 0 Å². The van der Waals surface area contributed by atoms with Gasteiger partial charge in [-0.3, -0.25) is 0 Å². The zero-order chi connectivity index (χ0) is 24.9. The minimum absolute atomic E-state index is 0.0596. The number of rotatable bonds is 12. The fraction of sp³-hybridized carbons (Fsp3) is 0.727. The van der Waals surface area contributed by atoms with E-state index in [0.717, 1.165) is 4.46 Å². The van der Waals surface area contributed by atoms with Gasteiger partial charge >= 0.3 is 211 Å². The fourth-order valence-corrected chi connectivity index (χ4v) is 7.63. The Kier molecular flexibility index (Phi) is 10.3. The molecule has 2 heterocycles. The van der Waals surface area contributed by atoms with Gasteiger partial charge in [0, 0.05) is 0 Å². The van der Waals surface area contributed by atoms with Crippen molar-refractivity contribution in [3.8, 4) is 0 Å². The van der Waals surface area contributed by atoms with Crippen LogP contribution in [0.4, 0.5) is 0 Å².